The first-order valence-electron chi connectivity index (χ1n) is 6.55. The highest BCUT2D eigenvalue weighted by Crippen LogP contribution is 2.29. The average Bonchev–Trinajstić information content (AvgIpc) is 2.85. The third-order valence-electron chi connectivity index (χ3n) is 3.62. The molecule has 6 heteroatoms. The molecule has 3 rings (SSSR count). The fourth-order valence-corrected chi connectivity index (χ4v) is 3.48. The molecule has 1 aliphatic rings. The van der Waals surface area contributed by atoms with Gasteiger partial charge in [-0.2, -0.15) is 4.98 Å². The van der Waals surface area contributed by atoms with Crippen molar-refractivity contribution in [2.24, 2.45) is 0 Å². The number of rotatable bonds is 2. The molecular weight excluding hydrogens is 280 g/mol. The Hall–Kier alpha value is -0.910. The Morgan fingerprint density at radius 3 is 2.63 bits per heavy atom. The van der Waals surface area contributed by atoms with Crippen LogP contribution in [0.4, 0.5) is 5.82 Å². The molecule has 0 aromatic carbocycles. The molecule has 1 fully saturated rings. The Labute approximate surface area is 122 Å². The van der Waals surface area contributed by atoms with Crippen molar-refractivity contribution in [3.63, 3.8) is 0 Å². The standard InChI is InChI=1S/C13H17ClN4S/c1-9(2)17-4-6-18(7-5-17)11-10-3-8-19-12(10)16-13(14)15-11/h3,8-9H,4-7H2,1-2H3. The highest BCUT2D eigenvalue weighted by molar-refractivity contribution is 7.16. The van der Waals surface area contributed by atoms with E-state index in [0.29, 0.717) is 11.3 Å². The van der Waals surface area contributed by atoms with Gasteiger partial charge in [-0.25, -0.2) is 4.98 Å². The number of fused-ring (bicyclic) bond motifs is 1. The monoisotopic (exact) mass is 296 g/mol. The molecule has 0 radical (unpaired) electrons. The number of halogens is 1. The smallest absolute Gasteiger partial charge is 0.225 e. The van der Waals surface area contributed by atoms with Gasteiger partial charge in [0.15, 0.2) is 0 Å². The maximum Gasteiger partial charge on any atom is 0.225 e. The van der Waals surface area contributed by atoms with Crippen LogP contribution < -0.4 is 4.90 Å². The lowest BCUT2D eigenvalue weighted by Crippen LogP contribution is -2.49. The van der Waals surface area contributed by atoms with E-state index < -0.39 is 0 Å². The van der Waals surface area contributed by atoms with Gasteiger partial charge < -0.3 is 4.90 Å². The lowest BCUT2D eigenvalue weighted by molar-refractivity contribution is 0.209. The zero-order chi connectivity index (χ0) is 13.4. The van der Waals surface area contributed by atoms with Crippen LogP contribution in [0, 0.1) is 0 Å². The van der Waals surface area contributed by atoms with E-state index >= 15 is 0 Å². The highest BCUT2D eigenvalue weighted by Gasteiger charge is 2.22. The van der Waals surface area contributed by atoms with E-state index in [4.69, 9.17) is 11.6 Å². The van der Waals surface area contributed by atoms with E-state index in [1.807, 2.05) is 5.38 Å². The van der Waals surface area contributed by atoms with Crippen LogP contribution in [0.3, 0.4) is 0 Å². The molecule has 1 saturated heterocycles. The summed E-state index contributed by atoms with van der Waals surface area (Å²) in [4.78, 5) is 14.5. The first kappa shape index (κ1) is 13.1. The van der Waals surface area contributed by atoms with Crippen LogP contribution in [0.2, 0.25) is 5.28 Å². The molecule has 102 valence electrons. The van der Waals surface area contributed by atoms with Crippen molar-refractivity contribution in [2.45, 2.75) is 19.9 Å². The van der Waals surface area contributed by atoms with Gasteiger partial charge in [-0.05, 0) is 36.9 Å². The summed E-state index contributed by atoms with van der Waals surface area (Å²) in [6.45, 7) is 8.63. The van der Waals surface area contributed by atoms with Crippen LogP contribution in [-0.2, 0) is 0 Å². The Balaban J connectivity index is 1.87. The molecular formula is C13H17ClN4S. The van der Waals surface area contributed by atoms with E-state index in [1.54, 1.807) is 11.3 Å². The van der Waals surface area contributed by atoms with Gasteiger partial charge >= 0.3 is 0 Å². The normalized spacial score (nSPS) is 17.6. The average molecular weight is 297 g/mol. The summed E-state index contributed by atoms with van der Waals surface area (Å²) in [5, 5.41) is 3.51. The van der Waals surface area contributed by atoms with Crippen molar-refractivity contribution >= 4 is 39.0 Å². The van der Waals surface area contributed by atoms with Gasteiger partial charge in [0, 0.05) is 32.2 Å². The number of hydrogen-bond donors (Lipinski definition) is 0. The van der Waals surface area contributed by atoms with Crippen LogP contribution >= 0.6 is 22.9 Å². The summed E-state index contributed by atoms with van der Waals surface area (Å²) in [7, 11) is 0. The van der Waals surface area contributed by atoms with E-state index in [0.717, 1.165) is 42.2 Å². The van der Waals surface area contributed by atoms with E-state index in [1.165, 1.54) is 0 Å². The van der Waals surface area contributed by atoms with E-state index in [9.17, 15) is 0 Å². The molecule has 0 bridgehead atoms. The van der Waals surface area contributed by atoms with Gasteiger partial charge in [-0.1, -0.05) is 0 Å². The largest absolute Gasteiger partial charge is 0.353 e. The Morgan fingerprint density at radius 2 is 1.95 bits per heavy atom. The molecule has 0 saturated carbocycles. The number of anilines is 1. The number of aromatic nitrogens is 2. The first-order chi connectivity index (χ1) is 9.15. The summed E-state index contributed by atoms with van der Waals surface area (Å²) in [5.41, 5.74) is 0. The summed E-state index contributed by atoms with van der Waals surface area (Å²) in [6, 6.07) is 2.69. The summed E-state index contributed by atoms with van der Waals surface area (Å²) in [5.74, 6) is 0.986. The molecule has 1 aliphatic heterocycles. The first-order valence-corrected chi connectivity index (χ1v) is 7.80. The molecule has 0 unspecified atom stereocenters. The van der Waals surface area contributed by atoms with Gasteiger partial charge in [-0.15, -0.1) is 11.3 Å². The minimum Gasteiger partial charge on any atom is -0.353 e. The van der Waals surface area contributed by atoms with Gasteiger partial charge in [-0.3, -0.25) is 4.90 Å². The molecule has 0 atom stereocenters. The summed E-state index contributed by atoms with van der Waals surface area (Å²) >= 11 is 7.64. The van der Waals surface area contributed by atoms with Crippen molar-refractivity contribution in [3.05, 3.63) is 16.7 Å². The molecule has 0 aliphatic carbocycles. The maximum atomic E-state index is 6.03. The Kier molecular flexibility index (Phi) is 3.60. The van der Waals surface area contributed by atoms with Crippen molar-refractivity contribution in [3.8, 4) is 0 Å². The summed E-state index contributed by atoms with van der Waals surface area (Å²) in [6.07, 6.45) is 0. The number of piperazine rings is 1. The molecule has 19 heavy (non-hydrogen) atoms. The van der Waals surface area contributed by atoms with Crippen LogP contribution in [-0.4, -0.2) is 47.1 Å². The second-order valence-corrected chi connectivity index (χ2v) is 6.31. The van der Waals surface area contributed by atoms with Crippen molar-refractivity contribution in [1.82, 2.24) is 14.9 Å². The molecule has 4 nitrogen and oxygen atoms in total. The fraction of sp³-hybridized carbons (Fsp3) is 0.538. The van der Waals surface area contributed by atoms with Crippen LogP contribution in [0.1, 0.15) is 13.8 Å². The number of thiophene rings is 1. The summed E-state index contributed by atoms with van der Waals surface area (Å²) < 4.78 is 0. The Morgan fingerprint density at radius 1 is 1.21 bits per heavy atom. The van der Waals surface area contributed by atoms with Crippen molar-refractivity contribution in [2.75, 3.05) is 31.1 Å². The number of hydrogen-bond acceptors (Lipinski definition) is 5. The quantitative estimate of drug-likeness (QED) is 0.798. The predicted octanol–water partition coefficient (Wildman–Crippen LogP) is 2.88. The molecule has 0 amide bonds. The molecule has 2 aromatic rings. The SMILES string of the molecule is CC(C)N1CCN(c2nc(Cl)nc3sccc23)CC1. The fourth-order valence-electron chi connectivity index (χ4n) is 2.51. The maximum absolute atomic E-state index is 6.03. The van der Waals surface area contributed by atoms with Gasteiger partial charge in [0.25, 0.3) is 0 Å². The van der Waals surface area contributed by atoms with Crippen molar-refractivity contribution in [1.29, 1.82) is 0 Å². The molecule has 3 heterocycles. The van der Waals surface area contributed by atoms with Gasteiger partial charge in [0.1, 0.15) is 10.6 Å². The highest BCUT2D eigenvalue weighted by atomic mass is 35.5. The number of nitrogens with zero attached hydrogens (tertiary/aromatic N) is 4. The van der Waals surface area contributed by atoms with E-state index in [-0.39, 0.29) is 0 Å². The third kappa shape index (κ3) is 2.55. The second-order valence-electron chi connectivity index (χ2n) is 5.07. The van der Waals surface area contributed by atoms with Gasteiger partial charge in [0.05, 0.1) is 5.39 Å². The van der Waals surface area contributed by atoms with Crippen LogP contribution in [0.15, 0.2) is 11.4 Å². The lowest BCUT2D eigenvalue weighted by Gasteiger charge is -2.37. The van der Waals surface area contributed by atoms with Crippen molar-refractivity contribution < 1.29 is 0 Å². The van der Waals surface area contributed by atoms with Crippen LogP contribution in [0.5, 0.6) is 0 Å². The van der Waals surface area contributed by atoms with Gasteiger partial charge in [0.2, 0.25) is 5.28 Å². The zero-order valence-electron chi connectivity index (χ0n) is 11.1. The van der Waals surface area contributed by atoms with E-state index in [2.05, 4.69) is 39.7 Å². The molecule has 2 aromatic heterocycles. The second kappa shape index (κ2) is 5.23. The molecule has 0 spiro atoms. The minimum absolute atomic E-state index is 0.344. The third-order valence-corrected chi connectivity index (χ3v) is 4.60. The predicted molar refractivity (Wildman–Crippen MR) is 81.3 cm³/mol. The van der Waals surface area contributed by atoms with Crippen LogP contribution in [0.25, 0.3) is 10.2 Å². The lowest BCUT2D eigenvalue weighted by atomic mass is 10.2. The Bertz CT molecular complexity index is 575. The molecule has 0 N–H and O–H groups in total. The topological polar surface area (TPSA) is 32.3 Å². The zero-order valence-corrected chi connectivity index (χ0v) is 12.7. The minimum atomic E-state index is 0.344.